The predicted molar refractivity (Wildman–Crippen MR) is 51.7 cm³/mol. The van der Waals surface area contributed by atoms with E-state index in [2.05, 4.69) is 22.0 Å². The second kappa shape index (κ2) is 4.30. The number of aromatic nitrogens is 1. The first-order valence-electron chi connectivity index (χ1n) is 4.17. The van der Waals surface area contributed by atoms with E-state index < -0.39 is 0 Å². The van der Waals surface area contributed by atoms with Crippen molar-refractivity contribution >= 4 is 11.3 Å². The summed E-state index contributed by atoms with van der Waals surface area (Å²) >= 11 is 1.60. The molecule has 0 bridgehead atoms. The van der Waals surface area contributed by atoms with Gasteiger partial charge in [0.25, 0.3) is 0 Å². The van der Waals surface area contributed by atoms with E-state index in [1.165, 1.54) is 18.5 Å². The first-order chi connectivity index (χ1) is 5.79. The zero-order chi connectivity index (χ0) is 8.97. The van der Waals surface area contributed by atoms with Gasteiger partial charge in [-0.05, 0) is 12.8 Å². The largest absolute Gasteiger partial charge is 0.323 e. The van der Waals surface area contributed by atoms with Crippen molar-refractivity contribution in [2.24, 2.45) is 18.0 Å². The molecule has 0 aromatic carbocycles. The van der Waals surface area contributed by atoms with E-state index in [9.17, 15) is 0 Å². The molecule has 0 saturated heterocycles. The fraction of sp³-hybridized carbons (Fsp3) is 0.625. The standard InChI is InChI=1S/C8H15N3S/c1-3-4-5-7-6-12-8(10-9)11(7)2/h6H,3-5,9H2,1-2H3. The molecule has 12 heavy (non-hydrogen) atoms. The quantitative estimate of drug-likeness (QED) is 0.558. The zero-order valence-corrected chi connectivity index (χ0v) is 8.40. The van der Waals surface area contributed by atoms with E-state index in [-0.39, 0.29) is 0 Å². The fourth-order valence-electron chi connectivity index (χ4n) is 1.10. The first-order valence-corrected chi connectivity index (χ1v) is 5.05. The van der Waals surface area contributed by atoms with Crippen molar-refractivity contribution in [3.05, 3.63) is 15.9 Å². The monoisotopic (exact) mass is 185 g/mol. The molecule has 0 saturated carbocycles. The molecule has 3 nitrogen and oxygen atoms in total. The van der Waals surface area contributed by atoms with Gasteiger partial charge in [-0.3, -0.25) is 0 Å². The maximum Gasteiger partial charge on any atom is 0.207 e. The number of nitrogens with two attached hydrogens (primary N) is 1. The lowest BCUT2D eigenvalue weighted by molar-refractivity contribution is 0.715. The van der Waals surface area contributed by atoms with Crippen molar-refractivity contribution in [1.82, 2.24) is 4.57 Å². The molecule has 1 rings (SSSR count). The minimum atomic E-state index is 0.890. The summed E-state index contributed by atoms with van der Waals surface area (Å²) in [6, 6.07) is 0. The second-order valence-electron chi connectivity index (χ2n) is 2.80. The molecule has 1 aromatic rings. The molecule has 2 N–H and O–H groups in total. The molecule has 0 spiro atoms. The Morgan fingerprint density at radius 1 is 1.67 bits per heavy atom. The molecular weight excluding hydrogens is 170 g/mol. The van der Waals surface area contributed by atoms with Crippen LogP contribution in [0, 0.1) is 0 Å². The topological polar surface area (TPSA) is 43.3 Å². The average molecular weight is 185 g/mol. The van der Waals surface area contributed by atoms with Crippen molar-refractivity contribution in [3.63, 3.8) is 0 Å². The molecular formula is C8H15N3S. The van der Waals surface area contributed by atoms with Gasteiger partial charge in [0.2, 0.25) is 4.80 Å². The SMILES string of the molecule is CCCCc1csc(=NN)n1C. The maximum atomic E-state index is 5.21. The predicted octanol–water partition coefficient (Wildman–Crippen LogP) is 1.20. The normalized spacial score (nSPS) is 12.3. The van der Waals surface area contributed by atoms with Gasteiger partial charge in [0.1, 0.15) is 0 Å². The summed E-state index contributed by atoms with van der Waals surface area (Å²) in [5.41, 5.74) is 1.33. The Morgan fingerprint density at radius 3 is 2.92 bits per heavy atom. The number of unbranched alkanes of at least 4 members (excludes halogenated alkanes) is 1. The number of aryl methyl sites for hydroxylation is 1. The number of rotatable bonds is 3. The molecule has 0 radical (unpaired) electrons. The van der Waals surface area contributed by atoms with E-state index in [4.69, 9.17) is 5.84 Å². The molecule has 1 aromatic heterocycles. The Kier molecular flexibility index (Phi) is 3.34. The Morgan fingerprint density at radius 2 is 2.42 bits per heavy atom. The number of nitrogens with zero attached hydrogens (tertiary/aromatic N) is 2. The summed E-state index contributed by atoms with van der Waals surface area (Å²) in [5.74, 6) is 5.21. The molecule has 0 amide bonds. The van der Waals surface area contributed by atoms with Gasteiger partial charge >= 0.3 is 0 Å². The number of thiazole rings is 1. The molecule has 1 heterocycles. The smallest absolute Gasteiger partial charge is 0.207 e. The lowest BCUT2D eigenvalue weighted by atomic mass is 10.2. The molecule has 0 unspecified atom stereocenters. The van der Waals surface area contributed by atoms with Gasteiger partial charge in [0.15, 0.2) is 0 Å². The van der Waals surface area contributed by atoms with E-state index in [0.29, 0.717) is 0 Å². The van der Waals surface area contributed by atoms with Gasteiger partial charge in [0, 0.05) is 18.1 Å². The lowest BCUT2D eigenvalue weighted by Crippen LogP contribution is -2.15. The van der Waals surface area contributed by atoms with Crippen molar-refractivity contribution in [1.29, 1.82) is 0 Å². The Labute approximate surface area is 76.5 Å². The minimum absolute atomic E-state index is 0.890. The highest BCUT2D eigenvalue weighted by Crippen LogP contribution is 2.04. The highest BCUT2D eigenvalue weighted by Gasteiger charge is 1.99. The molecule has 0 aliphatic rings. The highest BCUT2D eigenvalue weighted by atomic mass is 32.1. The van der Waals surface area contributed by atoms with Crippen LogP contribution in [0.1, 0.15) is 25.5 Å². The van der Waals surface area contributed by atoms with Crippen LogP contribution >= 0.6 is 11.3 Å². The van der Waals surface area contributed by atoms with Gasteiger partial charge in [-0.25, -0.2) is 0 Å². The van der Waals surface area contributed by atoms with Crippen molar-refractivity contribution < 1.29 is 0 Å². The Balaban J connectivity index is 2.81. The summed E-state index contributed by atoms with van der Waals surface area (Å²) in [4.78, 5) is 0.890. The molecule has 4 heteroatoms. The van der Waals surface area contributed by atoms with Gasteiger partial charge in [-0.1, -0.05) is 13.3 Å². The van der Waals surface area contributed by atoms with Gasteiger partial charge < -0.3 is 10.4 Å². The van der Waals surface area contributed by atoms with E-state index in [0.717, 1.165) is 11.2 Å². The highest BCUT2D eigenvalue weighted by molar-refractivity contribution is 7.07. The third-order valence-electron chi connectivity index (χ3n) is 1.92. The Bertz CT molecular complexity index is 297. The van der Waals surface area contributed by atoms with Crippen LogP contribution in [-0.2, 0) is 13.5 Å². The summed E-state index contributed by atoms with van der Waals surface area (Å²) in [7, 11) is 2.01. The van der Waals surface area contributed by atoms with Crippen LogP contribution in [-0.4, -0.2) is 4.57 Å². The third-order valence-corrected chi connectivity index (χ3v) is 2.90. The Hall–Kier alpha value is -0.770. The van der Waals surface area contributed by atoms with E-state index in [1.54, 1.807) is 11.3 Å². The van der Waals surface area contributed by atoms with Gasteiger partial charge in [-0.2, -0.15) is 5.10 Å². The van der Waals surface area contributed by atoms with Crippen LogP contribution in [0.25, 0.3) is 0 Å². The van der Waals surface area contributed by atoms with Gasteiger partial charge in [-0.15, -0.1) is 11.3 Å². The average Bonchev–Trinajstić information content (AvgIpc) is 2.43. The number of hydrogen-bond donors (Lipinski definition) is 1. The van der Waals surface area contributed by atoms with Crippen LogP contribution in [0.5, 0.6) is 0 Å². The van der Waals surface area contributed by atoms with E-state index >= 15 is 0 Å². The molecule has 0 aliphatic heterocycles. The zero-order valence-electron chi connectivity index (χ0n) is 7.58. The van der Waals surface area contributed by atoms with Crippen LogP contribution in [0.15, 0.2) is 10.5 Å². The summed E-state index contributed by atoms with van der Waals surface area (Å²) in [5, 5.41) is 5.81. The second-order valence-corrected chi connectivity index (χ2v) is 3.64. The number of hydrogen-bond acceptors (Lipinski definition) is 3. The molecule has 0 atom stereocenters. The summed E-state index contributed by atoms with van der Waals surface area (Å²) in [6.07, 6.45) is 3.58. The molecule has 0 fully saturated rings. The van der Waals surface area contributed by atoms with Crippen molar-refractivity contribution in [2.45, 2.75) is 26.2 Å². The molecule has 0 aliphatic carbocycles. The third kappa shape index (κ3) is 1.88. The van der Waals surface area contributed by atoms with Crippen LogP contribution in [0.4, 0.5) is 0 Å². The van der Waals surface area contributed by atoms with Crippen LogP contribution in [0.2, 0.25) is 0 Å². The summed E-state index contributed by atoms with van der Waals surface area (Å²) in [6.45, 7) is 2.20. The van der Waals surface area contributed by atoms with E-state index in [1.807, 2.05) is 7.05 Å². The lowest BCUT2D eigenvalue weighted by Gasteiger charge is -1.99. The van der Waals surface area contributed by atoms with Crippen molar-refractivity contribution in [2.75, 3.05) is 0 Å². The first kappa shape index (κ1) is 9.32. The maximum absolute atomic E-state index is 5.21. The fourth-order valence-corrected chi connectivity index (χ4v) is 1.96. The van der Waals surface area contributed by atoms with Crippen LogP contribution < -0.4 is 10.6 Å². The molecule has 68 valence electrons. The van der Waals surface area contributed by atoms with Crippen molar-refractivity contribution in [3.8, 4) is 0 Å². The van der Waals surface area contributed by atoms with Gasteiger partial charge in [0.05, 0.1) is 0 Å². The minimum Gasteiger partial charge on any atom is -0.323 e. The summed E-state index contributed by atoms with van der Waals surface area (Å²) < 4.78 is 2.06. The van der Waals surface area contributed by atoms with Crippen LogP contribution in [0.3, 0.4) is 0 Å².